The summed E-state index contributed by atoms with van der Waals surface area (Å²) in [5, 5.41) is 0. The Morgan fingerprint density at radius 2 is 1.81 bits per heavy atom. The van der Waals surface area contributed by atoms with E-state index in [0.29, 0.717) is 11.6 Å². The third-order valence-electron chi connectivity index (χ3n) is 2.63. The number of aromatic nitrogens is 1. The SMILES string of the molecule is Nc1ccc(C(F)(F)F)c(C(=O)OCc2ccccc2)n1. The van der Waals surface area contributed by atoms with E-state index in [1.165, 1.54) is 0 Å². The van der Waals surface area contributed by atoms with E-state index in [1.807, 2.05) is 0 Å². The third kappa shape index (κ3) is 3.71. The van der Waals surface area contributed by atoms with Crippen molar-refractivity contribution < 1.29 is 22.7 Å². The molecule has 2 N–H and O–H groups in total. The molecule has 0 radical (unpaired) electrons. The van der Waals surface area contributed by atoms with Crippen LogP contribution in [-0.2, 0) is 17.5 Å². The van der Waals surface area contributed by atoms with Crippen LogP contribution >= 0.6 is 0 Å². The Bertz CT molecular complexity index is 642. The van der Waals surface area contributed by atoms with Gasteiger partial charge in [0.2, 0.25) is 0 Å². The smallest absolute Gasteiger partial charge is 0.418 e. The number of carbonyl (C=O) groups is 1. The second-order valence-corrected chi connectivity index (χ2v) is 4.19. The molecular weight excluding hydrogens is 285 g/mol. The second-order valence-electron chi connectivity index (χ2n) is 4.19. The first kappa shape index (κ1) is 14.8. The van der Waals surface area contributed by atoms with E-state index in [-0.39, 0.29) is 12.4 Å². The number of ether oxygens (including phenoxy) is 1. The van der Waals surface area contributed by atoms with Crippen molar-refractivity contribution in [3.05, 3.63) is 59.3 Å². The van der Waals surface area contributed by atoms with E-state index in [9.17, 15) is 18.0 Å². The fourth-order valence-electron chi connectivity index (χ4n) is 1.65. The highest BCUT2D eigenvalue weighted by Crippen LogP contribution is 2.32. The molecule has 0 aliphatic heterocycles. The summed E-state index contributed by atoms with van der Waals surface area (Å²) in [6.45, 7) is -0.145. The fraction of sp³-hybridized carbons (Fsp3) is 0.143. The van der Waals surface area contributed by atoms with Crippen molar-refractivity contribution >= 4 is 11.8 Å². The van der Waals surface area contributed by atoms with Crippen LogP contribution in [0.15, 0.2) is 42.5 Å². The van der Waals surface area contributed by atoms with Crippen molar-refractivity contribution in [1.29, 1.82) is 0 Å². The van der Waals surface area contributed by atoms with Crippen LogP contribution in [0.4, 0.5) is 19.0 Å². The minimum atomic E-state index is -4.71. The first-order valence-corrected chi connectivity index (χ1v) is 5.92. The average molecular weight is 296 g/mol. The molecule has 0 unspecified atom stereocenters. The van der Waals surface area contributed by atoms with E-state index in [2.05, 4.69) is 4.98 Å². The Morgan fingerprint density at radius 3 is 2.43 bits per heavy atom. The van der Waals surface area contributed by atoms with Gasteiger partial charge in [0, 0.05) is 0 Å². The summed E-state index contributed by atoms with van der Waals surface area (Å²) in [6.07, 6.45) is -4.71. The molecule has 0 saturated carbocycles. The highest BCUT2D eigenvalue weighted by Gasteiger charge is 2.36. The molecule has 2 rings (SSSR count). The van der Waals surface area contributed by atoms with Crippen molar-refractivity contribution in [2.45, 2.75) is 12.8 Å². The predicted octanol–water partition coefficient (Wildman–Crippen LogP) is 3.04. The summed E-state index contributed by atoms with van der Waals surface area (Å²) in [5.74, 6) is -1.35. The number of nitrogen functional groups attached to an aromatic ring is 1. The number of pyridine rings is 1. The summed E-state index contributed by atoms with van der Waals surface area (Å²) in [4.78, 5) is 15.2. The highest BCUT2D eigenvalue weighted by molar-refractivity contribution is 5.89. The fourth-order valence-corrected chi connectivity index (χ4v) is 1.65. The second kappa shape index (κ2) is 5.82. The number of rotatable bonds is 3. The monoisotopic (exact) mass is 296 g/mol. The van der Waals surface area contributed by atoms with Crippen molar-refractivity contribution in [3.8, 4) is 0 Å². The summed E-state index contributed by atoms with van der Waals surface area (Å²) < 4.78 is 43.3. The molecule has 0 spiro atoms. The highest BCUT2D eigenvalue weighted by atomic mass is 19.4. The third-order valence-corrected chi connectivity index (χ3v) is 2.63. The maximum Gasteiger partial charge on any atom is 0.418 e. The van der Waals surface area contributed by atoms with E-state index < -0.39 is 23.4 Å². The first-order chi connectivity index (χ1) is 9.88. The Balaban J connectivity index is 2.21. The molecular formula is C14H11F3N2O2. The molecule has 0 aliphatic carbocycles. The molecule has 0 amide bonds. The van der Waals surface area contributed by atoms with Crippen LogP contribution in [0.5, 0.6) is 0 Å². The number of nitrogens with two attached hydrogens (primary N) is 1. The zero-order valence-electron chi connectivity index (χ0n) is 10.7. The van der Waals surface area contributed by atoms with Crippen molar-refractivity contribution in [3.63, 3.8) is 0 Å². The van der Waals surface area contributed by atoms with Crippen LogP contribution < -0.4 is 5.73 Å². The number of benzene rings is 1. The minimum absolute atomic E-state index is 0.145. The molecule has 7 heteroatoms. The van der Waals surface area contributed by atoms with Gasteiger partial charge in [-0.25, -0.2) is 9.78 Å². The summed E-state index contributed by atoms with van der Waals surface area (Å²) in [7, 11) is 0. The van der Waals surface area contributed by atoms with Gasteiger partial charge in [0.05, 0.1) is 5.56 Å². The van der Waals surface area contributed by atoms with E-state index in [4.69, 9.17) is 10.5 Å². The molecule has 0 saturated heterocycles. The number of hydrogen-bond acceptors (Lipinski definition) is 4. The Labute approximate surface area is 118 Å². The Hall–Kier alpha value is -2.57. The molecule has 21 heavy (non-hydrogen) atoms. The lowest BCUT2D eigenvalue weighted by Gasteiger charge is -2.12. The molecule has 0 bridgehead atoms. The zero-order valence-corrected chi connectivity index (χ0v) is 10.7. The van der Waals surface area contributed by atoms with Gasteiger partial charge in [-0.1, -0.05) is 30.3 Å². The molecule has 110 valence electrons. The number of halogens is 3. The van der Waals surface area contributed by atoms with Crippen LogP contribution in [-0.4, -0.2) is 11.0 Å². The molecule has 2 aromatic rings. The van der Waals surface area contributed by atoms with Gasteiger partial charge in [-0.3, -0.25) is 0 Å². The van der Waals surface area contributed by atoms with Crippen LogP contribution in [0.3, 0.4) is 0 Å². The topological polar surface area (TPSA) is 65.2 Å². The van der Waals surface area contributed by atoms with Gasteiger partial charge in [-0.05, 0) is 17.7 Å². The van der Waals surface area contributed by atoms with Gasteiger partial charge in [0.15, 0.2) is 5.69 Å². The maximum atomic E-state index is 12.8. The van der Waals surface area contributed by atoms with Crippen molar-refractivity contribution in [1.82, 2.24) is 4.98 Å². The number of alkyl halides is 3. The summed E-state index contributed by atoms with van der Waals surface area (Å²) in [6, 6.07) is 10.3. The van der Waals surface area contributed by atoms with Gasteiger partial charge in [0.25, 0.3) is 0 Å². The van der Waals surface area contributed by atoms with Gasteiger partial charge >= 0.3 is 12.1 Å². The standard InChI is InChI=1S/C14H11F3N2O2/c15-14(16,17)10-6-7-11(18)19-12(10)13(20)21-8-9-4-2-1-3-5-9/h1-7H,8H2,(H2,18,19). The number of carbonyl (C=O) groups excluding carboxylic acids is 1. The van der Waals surface area contributed by atoms with Crippen LogP contribution in [0.1, 0.15) is 21.6 Å². The predicted molar refractivity (Wildman–Crippen MR) is 69.2 cm³/mol. The van der Waals surface area contributed by atoms with Crippen LogP contribution in [0.25, 0.3) is 0 Å². The molecule has 0 atom stereocenters. The number of hydrogen-bond donors (Lipinski definition) is 1. The molecule has 1 heterocycles. The van der Waals surface area contributed by atoms with Crippen LogP contribution in [0.2, 0.25) is 0 Å². The van der Waals surface area contributed by atoms with Gasteiger partial charge in [-0.15, -0.1) is 0 Å². The molecule has 0 fully saturated rings. The first-order valence-electron chi connectivity index (χ1n) is 5.92. The van der Waals surface area contributed by atoms with Gasteiger partial charge in [0.1, 0.15) is 12.4 Å². The zero-order chi connectivity index (χ0) is 15.5. The minimum Gasteiger partial charge on any atom is -0.456 e. The Morgan fingerprint density at radius 1 is 1.14 bits per heavy atom. The number of anilines is 1. The van der Waals surface area contributed by atoms with Crippen molar-refractivity contribution in [2.75, 3.05) is 5.73 Å². The normalized spacial score (nSPS) is 11.2. The van der Waals surface area contributed by atoms with Gasteiger partial charge < -0.3 is 10.5 Å². The lowest BCUT2D eigenvalue weighted by atomic mass is 10.2. The molecule has 4 nitrogen and oxygen atoms in total. The quantitative estimate of drug-likeness (QED) is 0.884. The van der Waals surface area contributed by atoms with Gasteiger partial charge in [-0.2, -0.15) is 13.2 Å². The maximum absolute atomic E-state index is 12.8. The summed E-state index contributed by atoms with van der Waals surface area (Å²) >= 11 is 0. The number of esters is 1. The molecule has 0 aliphatic rings. The number of nitrogens with zero attached hydrogens (tertiary/aromatic N) is 1. The average Bonchev–Trinajstić information content (AvgIpc) is 2.44. The van der Waals surface area contributed by atoms with Crippen LogP contribution in [0, 0.1) is 0 Å². The largest absolute Gasteiger partial charge is 0.456 e. The molecule has 1 aromatic heterocycles. The van der Waals surface area contributed by atoms with E-state index >= 15 is 0 Å². The van der Waals surface area contributed by atoms with Crippen molar-refractivity contribution in [2.24, 2.45) is 0 Å². The lowest BCUT2D eigenvalue weighted by molar-refractivity contribution is -0.138. The van der Waals surface area contributed by atoms with E-state index in [1.54, 1.807) is 30.3 Å². The molecule has 1 aromatic carbocycles. The summed E-state index contributed by atoms with van der Waals surface area (Å²) in [5.41, 5.74) is 3.98. The van der Waals surface area contributed by atoms with E-state index in [0.717, 1.165) is 6.07 Å². The Kier molecular flexibility index (Phi) is 4.11. The lowest BCUT2D eigenvalue weighted by Crippen LogP contribution is -2.17.